The van der Waals surface area contributed by atoms with Crippen LogP contribution in [0.3, 0.4) is 0 Å². The summed E-state index contributed by atoms with van der Waals surface area (Å²) in [7, 11) is 1.45. The zero-order valence-electron chi connectivity index (χ0n) is 19.7. The molecule has 1 aromatic rings. The number of likely N-dealkylation sites (tertiary alicyclic amines) is 2. The number of nitrogens with zero attached hydrogens (tertiary/aromatic N) is 3. The molecule has 0 bridgehead atoms. The first-order valence-electron chi connectivity index (χ1n) is 11.9. The lowest BCUT2D eigenvalue weighted by Crippen LogP contribution is -2.57. The Morgan fingerprint density at radius 1 is 1.06 bits per heavy atom. The van der Waals surface area contributed by atoms with Gasteiger partial charge in [0.25, 0.3) is 0 Å². The Balaban J connectivity index is 1.44. The van der Waals surface area contributed by atoms with Crippen molar-refractivity contribution >= 4 is 41.1 Å². The van der Waals surface area contributed by atoms with Gasteiger partial charge in [0.2, 0.25) is 11.8 Å². The van der Waals surface area contributed by atoms with Crippen molar-refractivity contribution in [1.29, 1.82) is 0 Å². The smallest absolute Gasteiger partial charge is 0.407 e. The summed E-state index contributed by atoms with van der Waals surface area (Å²) in [5, 5.41) is 10.3. The van der Waals surface area contributed by atoms with Crippen LogP contribution in [0.4, 0.5) is 18.0 Å². The second-order valence-electron chi connectivity index (χ2n) is 9.98. The molecule has 0 aromatic heterocycles. The van der Waals surface area contributed by atoms with Crippen LogP contribution in [0, 0.1) is 11.3 Å². The van der Waals surface area contributed by atoms with Crippen molar-refractivity contribution in [3.8, 4) is 0 Å². The van der Waals surface area contributed by atoms with Gasteiger partial charge in [0.1, 0.15) is 5.41 Å². The van der Waals surface area contributed by atoms with Gasteiger partial charge in [-0.15, -0.1) is 0 Å². The largest absolute Gasteiger partial charge is 0.465 e. The maximum Gasteiger partial charge on any atom is 0.407 e. The van der Waals surface area contributed by atoms with Gasteiger partial charge in [0, 0.05) is 45.1 Å². The number of halogens is 5. The van der Waals surface area contributed by atoms with Crippen LogP contribution < -0.4 is 0 Å². The van der Waals surface area contributed by atoms with E-state index in [9.17, 15) is 32.7 Å². The zero-order chi connectivity index (χ0) is 26.4. The molecule has 1 N–H and O–H groups in total. The highest BCUT2D eigenvalue weighted by atomic mass is 35.5. The second-order valence-corrected chi connectivity index (χ2v) is 10.8. The van der Waals surface area contributed by atoms with Crippen molar-refractivity contribution < 1.29 is 32.7 Å². The number of carbonyl (C=O) groups is 3. The number of benzene rings is 1. The molecular formula is C24H28Cl2F3N3O4. The highest BCUT2D eigenvalue weighted by Crippen LogP contribution is 2.54. The maximum absolute atomic E-state index is 13.6. The van der Waals surface area contributed by atoms with E-state index in [1.54, 1.807) is 23.1 Å². The van der Waals surface area contributed by atoms with Crippen LogP contribution in [0.5, 0.6) is 0 Å². The molecule has 1 aromatic carbocycles. The van der Waals surface area contributed by atoms with Gasteiger partial charge in [-0.2, -0.15) is 13.2 Å². The molecule has 0 unspecified atom stereocenters. The van der Waals surface area contributed by atoms with Crippen LogP contribution in [0.1, 0.15) is 43.6 Å². The van der Waals surface area contributed by atoms with Crippen molar-refractivity contribution in [2.45, 2.75) is 50.2 Å². The molecule has 36 heavy (non-hydrogen) atoms. The SMILES string of the molecule is CN(C(=O)O)[C@@H]1CN(C(=O)C2CCN(C(=O)C3(C(F)(F)F)CCC3)CC2)C[C@H]1c1ccc(Cl)c(Cl)c1. The summed E-state index contributed by atoms with van der Waals surface area (Å²) in [4.78, 5) is 41.9. The van der Waals surface area contributed by atoms with Crippen molar-refractivity contribution in [3.63, 3.8) is 0 Å². The van der Waals surface area contributed by atoms with Crippen molar-refractivity contribution in [3.05, 3.63) is 33.8 Å². The van der Waals surface area contributed by atoms with E-state index in [0.717, 1.165) is 5.56 Å². The first kappa shape index (κ1) is 26.9. The maximum atomic E-state index is 13.6. The number of carboxylic acid groups (broad SMARTS) is 1. The van der Waals surface area contributed by atoms with Crippen molar-refractivity contribution in [2.75, 3.05) is 33.2 Å². The minimum atomic E-state index is -4.57. The van der Waals surface area contributed by atoms with Gasteiger partial charge >= 0.3 is 12.3 Å². The molecule has 0 spiro atoms. The lowest BCUT2D eigenvalue weighted by atomic mass is 9.67. The quantitative estimate of drug-likeness (QED) is 0.581. The molecule has 1 saturated carbocycles. The van der Waals surface area contributed by atoms with Crippen LogP contribution in [0.2, 0.25) is 10.0 Å². The number of rotatable bonds is 4. The van der Waals surface area contributed by atoms with E-state index in [1.165, 1.54) is 16.8 Å². The van der Waals surface area contributed by atoms with E-state index in [2.05, 4.69) is 0 Å². The minimum Gasteiger partial charge on any atom is -0.465 e. The van der Waals surface area contributed by atoms with Gasteiger partial charge in [0.05, 0.1) is 16.1 Å². The van der Waals surface area contributed by atoms with Gasteiger partial charge in [-0.1, -0.05) is 35.7 Å². The van der Waals surface area contributed by atoms with Gasteiger partial charge in [-0.3, -0.25) is 9.59 Å². The third-order valence-electron chi connectivity index (χ3n) is 8.06. The summed E-state index contributed by atoms with van der Waals surface area (Å²) < 4.78 is 40.7. The summed E-state index contributed by atoms with van der Waals surface area (Å²) in [6.45, 7) is 0.642. The average Bonchev–Trinajstić information content (AvgIpc) is 3.23. The molecule has 12 heteroatoms. The topological polar surface area (TPSA) is 81.2 Å². The fourth-order valence-electron chi connectivity index (χ4n) is 5.61. The summed E-state index contributed by atoms with van der Waals surface area (Å²) in [6, 6.07) is 4.56. The standard InChI is InChI=1S/C24H28Cl2F3N3O4/c1-30(22(35)36)19-13-32(12-16(19)15-3-4-17(25)18(26)11-15)20(33)14-5-9-31(10-6-14)21(34)23(7-2-8-23)24(27,28)29/h3-4,11,14,16,19H,2,5-10,12-13H2,1H3,(H,35,36)/t16-,19+/m0/s1. The Labute approximate surface area is 217 Å². The van der Waals surface area contributed by atoms with Gasteiger partial charge in [-0.05, 0) is 43.4 Å². The van der Waals surface area contributed by atoms with Crippen LogP contribution >= 0.6 is 23.2 Å². The molecule has 3 aliphatic rings. The van der Waals surface area contributed by atoms with E-state index >= 15 is 0 Å². The Morgan fingerprint density at radius 2 is 1.69 bits per heavy atom. The van der Waals surface area contributed by atoms with Crippen molar-refractivity contribution in [2.24, 2.45) is 11.3 Å². The third-order valence-corrected chi connectivity index (χ3v) is 8.80. The monoisotopic (exact) mass is 549 g/mol. The molecule has 2 aliphatic heterocycles. The number of hydrogen-bond acceptors (Lipinski definition) is 3. The van der Waals surface area contributed by atoms with Crippen LogP contribution in [0.25, 0.3) is 0 Å². The number of likely N-dealkylation sites (N-methyl/N-ethyl adjacent to an activating group) is 1. The van der Waals surface area contributed by atoms with E-state index in [1.807, 2.05) is 0 Å². The predicted molar refractivity (Wildman–Crippen MR) is 127 cm³/mol. The minimum absolute atomic E-state index is 0.0928. The summed E-state index contributed by atoms with van der Waals surface area (Å²) in [6.07, 6.45) is -5.15. The first-order valence-corrected chi connectivity index (χ1v) is 12.7. The van der Waals surface area contributed by atoms with E-state index in [4.69, 9.17) is 23.2 Å². The van der Waals surface area contributed by atoms with Gasteiger partial charge in [-0.25, -0.2) is 4.79 Å². The fraction of sp³-hybridized carbons (Fsp3) is 0.625. The average molecular weight is 550 g/mol. The molecule has 3 fully saturated rings. The number of amides is 3. The lowest BCUT2D eigenvalue weighted by molar-refractivity contribution is -0.249. The number of alkyl halides is 3. The zero-order valence-corrected chi connectivity index (χ0v) is 21.2. The fourth-order valence-corrected chi connectivity index (χ4v) is 5.92. The summed E-state index contributed by atoms with van der Waals surface area (Å²) in [5.74, 6) is -1.82. The Bertz CT molecular complexity index is 1040. The Hall–Kier alpha value is -2.20. The highest BCUT2D eigenvalue weighted by molar-refractivity contribution is 6.42. The summed E-state index contributed by atoms with van der Waals surface area (Å²) >= 11 is 12.2. The molecule has 4 rings (SSSR count). The van der Waals surface area contributed by atoms with Crippen LogP contribution in [-0.4, -0.2) is 83.2 Å². The summed E-state index contributed by atoms with van der Waals surface area (Å²) in [5.41, 5.74) is -1.52. The first-order chi connectivity index (χ1) is 16.9. The molecule has 3 amide bonds. The molecule has 7 nitrogen and oxygen atoms in total. The molecular weight excluding hydrogens is 522 g/mol. The molecule has 198 valence electrons. The Morgan fingerprint density at radius 3 is 2.19 bits per heavy atom. The number of hydrogen-bond donors (Lipinski definition) is 1. The highest BCUT2D eigenvalue weighted by Gasteiger charge is 2.64. The van der Waals surface area contributed by atoms with E-state index in [0.29, 0.717) is 16.5 Å². The van der Waals surface area contributed by atoms with Crippen LogP contribution in [-0.2, 0) is 9.59 Å². The molecule has 2 heterocycles. The van der Waals surface area contributed by atoms with Gasteiger partial charge < -0.3 is 19.8 Å². The molecule has 2 saturated heterocycles. The molecule has 2 atom stereocenters. The Kier molecular flexibility index (Phi) is 7.41. The van der Waals surface area contributed by atoms with E-state index < -0.39 is 35.6 Å². The molecule has 1 aliphatic carbocycles. The van der Waals surface area contributed by atoms with Crippen molar-refractivity contribution in [1.82, 2.24) is 14.7 Å². The van der Waals surface area contributed by atoms with Crippen LogP contribution in [0.15, 0.2) is 18.2 Å². The molecule has 0 radical (unpaired) electrons. The number of carbonyl (C=O) groups excluding carboxylic acids is 2. The second kappa shape index (κ2) is 9.93. The number of piperidine rings is 1. The normalized spacial score (nSPS) is 24.4. The predicted octanol–water partition coefficient (Wildman–Crippen LogP) is 4.87. The lowest BCUT2D eigenvalue weighted by Gasteiger charge is -2.45. The third kappa shape index (κ3) is 4.74. The van der Waals surface area contributed by atoms with E-state index in [-0.39, 0.29) is 63.7 Å². The van der Waals surface area contributed by atoms with Gasteiger partial charge in [0.15, 0.2) is 0 Å².